The first-order chi connectivity index (χ1) is 9.78. The molecule has 1 heterocycles. The lowest BCUT2D eigenvalue weighted by molar-refractivity contribution is 0.0697. The van der Waals surface area contributed by atoms with Crippen LogP contribution in [0.1, 0.15) is 10.4 Å². The summed E-state index contributed by atoms with van der Waals surface area (Å²) in [5, 5.41) is 14.3. The van der Waals surface area contributed by atoms with Gasteiger partial charge in [0, 0.05) is 5.41 Å². The van der Waals surface area contributed by atoms with E-state index in [-0.39, 0.29) is 5.75 Å². The Morgan fingerprint density at radius 2 is 2.05 bits per heavy atom. The molecule has 3 N–H and O–H groups in total. The number of rotatable bonds is 3. The van der Waals surface area contributed by atoms with Crippen LogP contribution >= 0.6 is 0 Å². The molecule has 0 bridgehead atoms. The lowest BCUT2D eigenvalue weighted by Gasteiger charge is -2.13. The normalized spacial score (nSPS) is 19.2. The minimum Gasteiger partial charge on any atom is -0.478 e. The summed E-state index contributed by atoms with van der Waals surface area (Å²) in [6.07, 6.45) is 1.29. The van der Waals surface area contributed by atoms with E-state index < -0.39 is 44.9 Å². The highest BCUT2D eigenvalue weighted by Gasteiger charge is 2.24. The second kappa shape index (κ2) is 5.52. The predicted molar refractivity (Wildman–Crippen MR) is 72.2 cm³/mol. The van der Waals surface area contributed by atoms with Crippen LogP contribution < -0.4 is 10.6 Å². The van der Waals surface area contributed by atoms with Crippen molar-refractivity contribution in [1.29, 1.82) is 0 Å². The monoisotopic (exact) mass is 314 g/mol. The second-order valence-corrected chi connectivity index (χ2v) is 6.26. The molecule has 1 unspecified atom stereocenters. The van der Waals surface area contributed by atoms with Crippen LogP contribution in [0.5, 0.6) is 0 Å². The number of hydrogen-bond acceptors (Lipinski definition) is 4. The number of benzene rings is 1. The molecule has 21 heavy (non-hydrogen) atoms. The maximum absolute atomic E-state index is 13.6. The minimum absolute atomic E-state index is 0.288. The Balaban J connectivity index is 2.11. The Bertz CT molecular complexity index is 729. The molecule has 0 fully saturated rings. The topological polar surface area (TPSA) is 113 Å². The molecule has 112 valence electrons. The van der Waals surface area contributed by atoms with Gasteiger partial charge in [0.05, 0.1) is 23.0 Å². The summed E-state index contributed by atoms with van der Waals surface area (Å²) < 4.78 is 36.0. The van der Waals surface area contributed by atoms with Gasteiger partial charge in [-0.3, -0.25) is 0 Å². The van der Waals surface area contributed by atoms with Gasteiger partial charge >= 0.3 is 12.0 Å². The summed E-state index contributed by atoms with van der Waals surface area (Å²) in [6, 6.07) is 1.71. The largest absolute Gasteiger partial charge is 0.478 e. The van der Waals surface area contributed by atoms with Crippen LogP contribution in [0, 0.1) is 5.82 Å². The van der Waals surface area contributed by atoms with E-state index in [1.54, 1.807) is 0 Å². The van der Waals surface area contributed by atoms with Crippen molar-refractivity contribution >= 4 is 27.5 Å². The summed E-state index contributed by atoms with van der Waals surface area (Å²) in [4.78, 5) is 22.7. The molecule has 1 aromatic carbocycles. The molecule has 0 aromatic heterocycles. The van der Waals surface area contributed by atoms with Gasteiger partial charge in [-0.15, -0.1) is 0 Å². The Morgan fingerprint density at radius 1 is 1.33 bits per heavy atom. The predicted octanol–water partition coefficient (Wildman–Crippen LogP) is 0.956. The zero-order valence-electron chi connectivity index (χ0n) is 10.5. The quantitative estimate of drug-likeness (QED) is 0.769. The number of carboxylic acid groups (broad SMARTS) is 1. The fraction of sp³-hybridized carbons (Fsp3) is 0.167. The van der Waals surface area contributed by atoms with Crippen LogP contribution in [0.2, 0.25) is 0 Å². The summed E-state index contributed by atoms with van der Waals surface area (Å²) in [5.41, 5.74) is -0.882. The Kier molecular flexibility index (Phi) is 3.94. The summed E-state index contributed by atoms with van der Waals surface area (Å²) >= 11 is 0. The van der Waals surface area contributed by atoms with E-state index >= 15 is 0 Å². The van der Waals surface area contributed by atoms with Crippen LogP contribution in [0.4, 0.5) is 14.9 Å². The fourth-order valence-corrected chi connectivity index (χ4v) is 3.05. The smallest absolute Gasteiger partial charge is 0.337 e. The van der Waals surface area contributed by atoms with Crippen molar-refractivity contribution in [3.63, 3.8) is 0 Å². The van der Waals surface area contributed by atoms with Gasteiger partial charge in [0.2, 0.25) is 0 Å². The molecule has 2 amide bonds. The average molecular weight is 314 g/mol. The number of aromatic carboxylic acids is 1. The third kappa shape index (κ3) is 3.57. The average Bonchev–Trinajstić information content (AvgIpc) is 2.70. The van der Waals surface area contributed by atoms with Crippen LogP contribution in [0.3, 0.4) is 0 Å². The summed E-state index contributed by atoms with van der Waals surface area (Å²) in [6.45, 7) is 0. The van der Waals surface area contributed by atoms with Crippen molar-refractivity contribution in [1.82, 2.24) is 5.32 Å². The number of halogens is 1. The van der Waals surface area contributed by atoms with Crippen LogP contribution in [0.15, 0.2) is 29.7 Å². The Labute approximate surface area is 119 Å². The number of carboxylic acids is 1. The molecular weight excluding hydrogens is 303 g/mol. The maximum atomic E-state index is 13.6. The van der Waals surface area contributed by atoms with Gasteiger partial charge in [0.15, 0.2) is 9.84 Å². The molecule has 9 heteroatoms. The lowest BCUT2D eigenvalue weighted by atomic mass is 10.1. The standard InChI is InChI=1S/C12H11FN2O5S/c13-9-3-1-2-8(11(16)17)10(9)15-12(18)14-7-4-5-21(19,20)6-7/h1-5,7H,6H2,(H,16,17)(H2,14,15,18). The lowest BCUT2D eigenvalue weighted by Crippen LogP contribution is -2.38. The highest BCUT2D eigenvalue weighted by Crippen LogP contribution is 2.20. The molecule has 1 atom stereocenters. The number of hydrogen-bond donors (Lipinski definition) is 3. The van der Waals surface area contributed by atoms with Crippen molar-refractivity contribution < 1.29 is 27.5 Å². The van der Waals surface area contributed by atoms with Gasteiger partial charge < -0.3 is 15.7 Å². The van der Waals surface area contributed by atoms with E-state index in [4.69, 9.17) is 5.11 Å². The van der Waals surface area contributed by atoms with Crippen molar-refractivity contribution in [2.24, 2.45) is 0 Å². The molecule has 0 radical (unpaired) electrons. The molecular formula is C12H11FN2O5S. The van der Waals surface area contributed by atoms with E-state index in [2.05, 4.69) is 10.6 Å². The summed E-state index contributed by atoms with van der Waals surface area (Å²) in [5.74, 6) is -2.59. The minimum atomic E-state index is -3.33. The molecule has 1 aromatic rings. The van der Waals surface area contributed by atoms with Crippen molar-refractivity contribution in [2.45, 2.75) is 6.04 Å². The van der Waals surface area contributed by atoms with Crippen LogP contribution in [-0.2, 0) is 9.84 Å². The van der Waals surface area contributed by atoms with E-state index in [1.165, 1.54) is 12.1 Å². The third-order valence-electron chi connectivity index (χ3n) is 2.73. The number of urea groups is 1. The zero-order chi connectivity index (χ0) is 15.6. The highest BCUT2D eigenvalue weighted by atomic mass is 32.2. The third-order valence-corrected chi connectivity index (χ3v) is 4.12. The van der Waals surface area contributed by atoms with E-state index in [9.17, 15) is 22.4 Å². The molecule has 0 aliphatic carbocycles. The summed E-state index contributed by atoms with van der Waals surface area (Å²) in [7, 11) is -3.33. The highest BCUT2D eigenvalue weighted by molar-refractivity contribution is 7.94. The van der Waals surface area contributed by atoms with Gasteiger partial charge in [-0.05, 0) is 18.2 Å². The van der Waals surface area contributed by atoms with Crippen molar-refractivity contribution in [3.8, 4) is 0 Å². The molecule has 1 aliphatic heterocycles. The molecule has 0 saturated heterocycles. The number of carbonyl (C=O) groups is 2. The zero-order valence-corrected chi connectivity index (χ0v) is 11.4. The molecule has 0 spiro atoms. The van der Waals surface area contributed by atoms with Crippen molar-refractivity contribution in [2.75, 3.05) is 11.1 Å². The molecule has 2 rings (SSSR count). The Morgan fingerprint density at radius 3 is 2.62 bits per heavy atom. The number of nitrogens with one attached hydrogen (secondary N) is 2. The SMILES string of the molecule is O=C(Nc1c(F)cccc1C(=O)O)NC1C=CS(=O)(=O)C1. The van der Waals surface area contributed by atoms with Gasteiger partial charge in [0.1, 0.15) is 5.82 Å². The molecule has 0 saturated carbocycles. The molecule has 7 nitrogen and oxygen atoms in total. The first-order valence-electron chi connectivity index (χ1n) is 5.79. The number of para-hydroxylation sites is 1. The maximum Gasteiger partial charge on any atom is 0.337 e. The number of amides is 2. The second-order valence-electron chi connectivity index (χ2n) is 4.33. The molecule has 1 aliphatic rings. The number of anilines is 1. The van der Waals surface area contributed by atoms with Crippen LogP contribution in [-0.4, -0.2) is 37.3 Å². The first-order valence-corrected chi connectivity index (χ1v) is 7.50. The van der Waals surface area contributed by atoms with Gasteiger partial charge in [0.25, 0.3) is 0 Å². The van der Waals surface area contributed by atoms with Gasteiger partial charge in [-0.25, -0.2) is 22.4 Å². The van der Waals surface area contributed by atoms with E-state index in [0.29, 0.717) is 0 Å². The van der Waals surface area contributed by atoms with Gasteiger partial charge in [-0.1, -0.05) is 6.07 Å². The van der Waals surface area contributed by atoms with Gasteiger partial charge in [-0.2, -0.15) is 0 Å². The van der Waals surface area contributed by atoms with Crippen LogP contribution in [0.25, 0.3) is 0 Å². The fourth-order valence-electron chi connectivity index (χ4n) is 1.81. The Hall–Kier alpha value is -2.42. The van der Waals surface area contributed by atoms with E-state index in [1.807, 2.05) is 0 Å². The van der Waals surface area contributed by atoms with E-state index in [0.717, 1.165) is 17.5 Å². The number of carbonyl (C=O) groups excluding carboxylic acids is 1. The first kappa shape index (κ1) is 15.0. The van der Waals surface area contributed by atoms with Crippen molar-refractivity contribution in [3.05, 3.63) is 41.1 Å². The number of sulfone groups is 1.